The van der Waals surface area contributed by atoms with Crippen molar-refractivity contribution in [2.75, 3.05) is 6.61 Å². The van der Waals surface area contributed by atoms with Crippen molar-refractivity contribution < 1.29 is 22.7 Å². The zero-order valence-corrected chi connectivity index (χ0v) is 11.2. The minimum Gasteiger partial charge on any atom is -0.465 e. The molecule has 0 aromatic heterocycles. The molecule has 1 aliphatic rings. The summed E-state index contributed by atoms with van der Waals surface area (Å²) < 4.78 is 42.7. The van der Waals surface area contributed by atoms with Crippen LogP contribution in [-0.4, -0.2) is 23.7 Å². The standard InChI is InChI=1S/C13H10F3NO2S/c1-2-19-12(18)9-6-17-10-5-7(13(14,15)16)3-4-8(10)11(9)20/h3-6,9H,2H2,1H3. The summed E-state index contributed by atoms with van der Waals surface area (Å²) in [5, 5.41) is 0. The van der Waals surface area contributed by atoms with Gasteiger partial charge in [0.2, 0.25) is 0 Å². The van der Waals surface area contributed by atoms with Gasteiger partial charge in [0.25, 0.3) is 0 Å². The van der Waals surface area contributed by atoms with Crippen LogP contribution < -0.4 is 0 Å². The number of esters is 1. The average molecular weight is 301 g/mol. The Bertz CT molecular complexity index is 596. The van der Waals surface area contributed by atoms with Crippen LogP contribution in [0.2, 0.25) is 0 Å². The number of nitrogens with zero attached hydrogens (tertiary/aromatic N) is 1. The fourth-order valence-electron chi connectivity index (χ4n) is 1.81. The predicted octanol–water partition coefficient (Wildman–Crippen LogP) is 3.32. The lowest BCUT2D eigenvalue weighted by Gasteiger charge is -2.19. The minimum atomic E-state index is -4.44. The van der Waals surface area contributed by atoms with Gasteiger partial charge >= 0.3 is 12.1 Å². The summed E-state index contributed by atoms with van der Waals surface area (Å²) in [5.74, 6) is -1.37. The van der Waals surface area contributed by atoms with Crippen molar-refractivity contribution in [1.82, 2.24) is 0 Å². The van der Waals surface area contributed by atoms with Crippen LogP contribution in [0.25, 0.3) is 0 Å². The van der Waals surface area contributed by atoms with E-state index in [2.05, 4.69) is 4.99 Å². The van der Waals surface area contributed by atoms with Crippen molar-refractivity contribution in [2.24, 2.45) is 10.9 Å². The van der Waals surface area contributed by atoms with E-state index in [4.69, 9.17) is 17.0 Å². The van der Waals surface area contributed by atoms with Crippen molar-refractivity contribution >= 4 is 35.0 Å². The van der Waals surface area contributed by atoms with Crippen LogP contribution >= 0.6 is 12.2 Å². The van der Waals surface area contributed by atoms with Crippen LogP contribution in [0.3, 0.4) is 0 Å². The number of carbonyl (C=O) groups excluding carboxylic acids is 1. The molecule has 1 aromatic rings. The molecule has 0 saturated heterocycles. The van der Waals surface area contributed by atoms with E-state index < -0.39 is 23.6 Å². The first-order chi connectivity index (χ1) is 9.34. The molecule has 1 aromatic carbocycles. The van der Waals surface area contributed by atoms with Crippen LogP contribution in [0, 0.1) is 5.92 Å². The molecule has 106 valence electrons. The summed E-state index contributed by atoms with van der Waals surface area (Å²) in [6, 6.07) is 3.08. The van der Waals surface area contributed by atoms with Crippen LogP contribution in [0.4, 0.5) is 18.9 Å². The summed E-state index contributed by atoms with van der Waals surface area (Å²) in [6.07, 6.45) is -3.22. The number of aliphatic imine (C=N–C) groups is 1. The average Bonchev–Trinajstić information content (AvgIpc) is 2.38. The Morgan fingerprint density at radius 1 is 1.45 bits per heavy atom. The molecule has 2 rings (SSSR count). The Balaban J connectivity index is 2.36. The number of hydrogen-bond acceptors (Lipinski definition) is 4. The van der Waals surface area contributed by atoms with Crippen molar-refractivity contribution in [1.29, 1.82) is 0 Å². The van der Waals surface area contributed by atoms with Crippen molar-refractivity contribution in [3.63, 3.8) is 0 Å². The number of ether oxygens (including phenoxy) is 1. The molecule has 1 aliphatic heterocycles. The maximum absolute atomic E-state index is 12.6. The molecule has 0 radical (unpaired) electrons. The van der Waals surface area contributed by atoms with Crippen molar-refractivity contribution in [3.05, 3.63) is 29.3 Å². The van der Waals surface area contributed by atoms with E-state index in [9.17, 15) is 18.0 Å². The molecule has 0 N–H and O–H groups in total. The Hall–Kier alpha value is -1.76. The second-order valence-electron chi connectivity index (χ2n) is 4.10. The van der Waals surface area contributed by atoms with Crippen molar-refractivity contribution in [2.45, 2.75) is 13.1 Å². The van der Waals surface area contributed by atoms with E-state index in [-0.39, 0.29) is 17.2 Å². The van der Waals surface area contributed by atoms with Crippen LogP contribution in [-0.2, 0) is 15.7 Å². The second kappa shape index (κ2) is 5.32. The molecule has 20 heavy (non-hydrogen) atoms. The lowest BCUT2D eigenvalue weighted by Crippen LogP contribution is -2.29. The van der Waals surface area contributed by atoms with Gasteiger partial charge in [-0.3, -0.25) is 9.79 Å². The monoisotopic (exact) mass is 301 g/mol. The third-order valence-electron chi connectivity index (χ3n) is 2.78. The third-order valence-corrected chi connectivity index (χ3v) is 3.25. The summed E-state index contributed by atoms with van der Waals surface area (Å²) in [4.78, 5) is 15.8. The number of fused-ring (bicyclic) bond motifs is 1. The summed E-state index contributed by atoms with van der Waals surface area (Å²) >= 11 is 5.14. The van der Waals surface area contributed by atoms with Gasteiger partial charge in [-0.05, 0) is 19.1 Å². The van der Waals surface area contributed by atoms with Crippen molar-refractivity contribution in [3.8, 4) is 0 Å². The van der Waals surface area contributed by atoms with Gasteiger partial charge in [-0.15, -0.1) is 0 Å². The maximum atomic E-state index is 12.6. The molecular weight excluding hydrogens is 291 g/mol. The maximum Gasteiger partial charge on any atom is 0.416 e. The highest BCUT2D eigenvalue weighted by Gasteiger charge is 2.33. The molecule has 0 saturated carbocycles. The Morgan fingerprint density at radius 3 is 2.75 bits per heavy atom. The van der Waals surface area contributed by atoms with Crippen LogP contribution in [0.15, 0.2) is 23.2 Å². The number of alkyl halides is 3. The topological polar surface area (TPSA) is 38.7 Å². The number of hydrogen-bond donors (Lipinski definition) is 0. The van der Waals surface area contributed by atoms with E-state index in [1.54, 1.807) is 6.92 Å². The van der Waals surface area contributed by atoms with E-state index in [0.29, 0.717) is 5.56 Å². The van der Waals surface area contributed by atoms with Gasteiger partial charge in [0.15, 0.2) is 0 Å². The molecule has 0 amide bonds. The minimum absolute atomic E-state index is 0.116. The molecule has 0 aliphatic carbocycles. The zero-order chi connectivity index (χ0) is 14.9. The summed E-state index contributed by atoms with van der Waals surface area (Å²) in [7, 11) is 0. The van der Waals surface area contributed by atoms with Gasteiger partial charge in [0, 0.05) is 16.6 Å². The van der Waals surface area contributed by atoms with E-state index >= 15 is 0 Å². The molecule has 1 atom stereocenters. The SMILES string of the molecule is CCOC(=O)C1C=Nc2cc(C(F)(F)F)ccc2C1=S. The highest BCUT2D eigenvalue weighted by Crippen LogP contribution is 2.35. The molecule has 0 bridgehead atoms. The van der Waals surface area contributed by atoms with Crippen LogP contribution in [0.1, 0.15) is 18.1 Å². The highest BCUT2D eigenvalue weighted by atomic mass is 32.1. The lowest BCUT2D eigenvalue weighted by atomic mass is 9.95. The fraction of sp³-hybridized carbons (Fsp3) is 0.308. The Morgan fingerprint density at radius 2 is 2.15 bits per heavy atom. The predicted molar refractivity (Wildman–Crippen MR) is 71.4 cm³/mol. The van der Waals surface area contributed by atoms with Gasteiger partial charge < -0.3 is 4.74 Å². The Labute approximate surface area is 118 Å². The quantitative estimate of drug-likeness (QED) is 0.621. The number of halogens is 3. The number of carbonyl (C=O) groups is 1. The number of benzene rings is 1. The largest absolute Gasteiger partial charge is 0.465 e. The van der Waals surface area contributed by atoms with E-state index in [1.807, 2.05) is 0 Å². The zero-order valence-electron chi connectivity index (χ0n) is 10.4. The van der Waals surface area contributed by atoms with Gasteiger partial charge in [0.1, 0.15) is 5.92 Å². The van der Waals surface area contributed by atoms with Gasteiger partial charge in [0.05, 0.1) is 17.9 Å². The molecule has 1 unspecified atom stereocenters. The van der Waals surface area contributed by atoms with Gasteiger partial charge in [-0.1, -0.05) is 18.3 Å². The summed E-state index contributed by atoms with van der Waals surface area (Å²) in [5.41, 5.74) is -0.329. The molecule has 7 heteroatoms. The first-order valence-corrected chi connectivity index (χ1v) is 6.21. The lowest BCUT2D eigenvalue weighted by molar-refractivity contribution is -0.143. The fourth-order valence-corrected chi connectivity index (χ4v) is 2.14. The number of thiocarbonyl (C=S) groups is 1. The van der Waals surface area contributed by atoms with E-state index in [1.165, 1.54) is 12.3 Å². The third kappa shape index (κ3) is 2.72. The van der Waals surface area contributed by atoms with Crippen LogP contribution in [0.5, 0.6) is 0 Å². The van der Waals surface area contributed by atoms with Gasteiger partial charge in [-0.25, -0.2) is 0 Å². The highest BCUT2D eigenvalue weighted by molar-refractivity contribution is 7.81. The first-order valence-electron chi connectivity index (χ1n) is 5.81. The molecule has 3 nitrogen and oxygen atoms in total. The summed E-state index contributed by atoms with van der Waals surface area (Å²) in [6.45, 7) is 1.86. The first kappa shape index (κ1) is 14.6. The number of rotatable bonds is 2. The molecule has 0 spiro atoms. The Kier molecular flexibility index (Phi) is 3.89. The normalized spacial score (nSPS) is 17.8. The van der Waals surface area contributed by atoms with E-state index in [0.717, 1.165) is 12.1 Å². The molecular formula is C13H10F3NO2S. The molecule has 0 fully saturated rings. The van der Waals surface area contributed by atoms with Gasteiger partial charge in [-0.2, -0.15) is 13.2 Å². The molecule has 1 heterocycles. The second-order valence-corrected chi connectivity index (χ2v) is 4.54. The smallest absolute Gasteiger partial charge is 0.416 e.